The van der Waals surface area contributed by atoms with Gasteiger partial charge in [0, 0.05) is 22.2 Å². The highest BCUT2D eigenvalue weighted by Crippen LogP contribution is 2.27. The number of aromatic nitrogens is 2. The molecule has 0 fully saturated rings. The topological polar surface area (TPSA) is 121 Å². The minimum Gasteiger partial charge on any atom is -0.393 e. The number of aliphatic hydroxyl groups is 1. The van der Waals surface area contributed by atoms with Crippen LogP contribution in [-0.4, -0.2) is 50.9 Å². The Morgan fingerprint density at radius 2 is 1.80 bits per heavy atom. The number of thiazole rings is 2. The van der Waals surface area contributed by atoms with Crippen LogP contribution in [0.2, 0.25) is 5.02 Å². The Hall–Kier alpha value is -3.51. The van der Waals surface area contributed by atoms with Gasteiger partial charge in [0.05, 0.1) is 18.3 Å². The van der Waals surface area contributed by atoms with E-state index in [0.29, 0.717) is 21.3 Å². The molecule has 0 saturated carbocycles. The zero-order chi connectivity index (χ0) is 29.4. The van der Waals surface area contributed by atoms with Crippen molar-refractivity contribution in [1.29, 1.82) is 0 Å². The molecule has 0 saturated heterocycles. The molecule has 4 rings (SSSR count). The second-order valence-electron chi connectivity index (χ2n) is 9.42. The van der Waals surface area contributed by atoms with Gasteiger partial charge in [0.2, 0.25) is 11.7 Å². The Morgan fingerprint density at radius 1 is 1.02 bits per heavy atom. The smallest absolute Gasteiger partial charge is 0.263 e. The van der Waals surface area contributed by atoms with E-state index < -0.39 is 30.0 Å². The monoisotopic (exact) mass is 614 g/mol. The number of benzene rings is 2. The molecule has 1 unspecified atom stereocenters. The molecule has 0 aliphatic heterocycles. The zero-order valence-electron chi connectivity index (χ0n) is 22.1. The third kappa shape index (κ3) is 8.74. The average molecular weight is 615 g/mol. The average Bonchev–Trinajstić information content (AvgIpc) is 3.67. The fourth-order valence-electron chi connectivity index (χ4n) is 4.04. The van der Waals surface area contributed by atoms with Crippen molar-refractivity contribution < 1.29 is 23.9 Å². The molecule has 2 amide bonds. The van der Waals surface area contributed by atoms with Gasteiger partial charge < -0.3 is 15.7 Å². The highest BCUT2D eigenvalue weighted by molar-refractivity contribution is 7.16. The van der Waals surface area contributed by atoms with E-state index in [1.165, 1.54) is 24.5 Å². The van der Waals surface area contributed by atoms with E-state index in [9.17, 15) is 23.9 Å². The van der Waals surface area contributed by atoms with E-state index in [1.54, 1.807) is 42.6 Å². The molecule has 214 valence electrons. The molecule has 4 aromatic rings. The number of rotatable bonds is 13. The molecule has 3 N–H and O–H groups in total. The first-order valence-electron chi connectivity index (χ1n) is 12.9. The summed E-state index contributed by atoms with van der Waals surface area (Å²) in [5.74, 6) is -1.79. The molecule has 12 heteroatoms. The summed E-state index contributed by atoms with van der Waals surface area (Å²) in [6, 6.07) is 11.1. The van der Waals surface area contributed by atoms with Crippen LogP contribution >= 0.6 is 34.3 Å². The van der Waals surface area contributed by atoms with Crippen LogP contribution in [0.1, 0.15) is 51.2 Å². The van der Waals surface area contributed by atoms with Gasteiger partial charge in [0.15, 0.2) is 5.01 Å². The SMILES string of the molecule is CC(O)CC[C@H](NC(=O)c1cnc(-c2cccc(Cl)c2)s1)C(=O)N[C@@H](CCc1ccc(F)cc1)C(=O)c1nccs1. The number of aliphatic hydroxyl groups excluding tert-OH is 1. The number of hydrogen-bond acceptors (Lipinski definition) is 8. The van der Waals surface area contributed by atoms with Crippen molar-refractivity contribution in [3.05, 3.63) is 92.6 Å². The van der Waals surface area contributed by atoms with Gasteiger partial charge in [-0.05, 0) is 62.4 Å². The molecule has 41 heavy (non-hydrogen) atoms. The first-order valence-corrected chi connectivity index (χ1v) is 15.0. The first kappa shape index (κ1) is 30.4. The van der Waals surface area contributed by atoms with Crippen LogP contribution in [0.3, 0.4) is 0 Å². The van der Waals surface area contributed by atoms with Crippen molar-refractivity contribution in [3.63, 3.8) is 0 Å². The number of amides is 2. The van der Waals surface area contributed by atoms with Gasteiger partial charge >= 0.3 is 0 Å². The Labute approximate surface area is 249 Å². The van der Waals surface area contributed by atoms with E-state index in [1.807, 2.05) is 6.07 Å². The fourth-order valence-corrected chi connectivity index (χ4v) is 5.67. The molecule has 2 aromatic heterocycles. The van der Waals surface area contributed by atoms with E-state index in [2.05, 4.69) is 20.6 Å². The maximum absolute atomic E-state index is 13.5. The summed E-state index contributed by atoms with van der Waals surface area (Å²) in [6.07, 6.45) is 3.27. The van der Waals surface area contributed by atoms with Crippen molar-refractivity contribution in [2.75, 3.05) is 0 Å². The minimum absolute atomic E-state index is 0.144. The number of carbonyl (C=O) groups is 3. The number of nitrogens with one attached hydrogen (secondary N) is 2. The van der Waals surface area contributed by atoms with Gasteiger partial charge in [0.1, 0.15) is 21.7 Å². The number of nitrogens with zero attached hydrogens (tertiary/aromatic N) is 2. The molecule has 2 aromatic carbocycles. The van der Waals surface area contributed by atoms with Gasteiger partial charge in [-0.15, -0.1) is 22.7 Å². The number of ketones is 1. The number of Topliss-reactive ketones (excluding diaryl/α,β-unsaturated/α-hetero) is 1. The Morgan fingerprint density at radius 3 is 2.49 bits per heavy atom. The Kier molecular flexibility index (Phi) is 10.7. The zero-order valence-corrected chi connectivity index (χ0v) is 24.4. The Balaban J connectivity index is 1.49. The summed E-state index contributed by atoms with van der Waals surface area (Å²) in [7, 11) is 0. The van der Waals surface area contributed by atoms with Crippen molar-refractivity contribution in [2.24, 2.45) is 0 Å². The molecular formula is C29H28ClFN4O4S2. The van der Waals surface area contributed by atoms with Crippen molar-refractivity contribution in [1.82, 2.24) is 20.6 Å². The van der Waals surface area contributed by atoms with Crippen molar-refractivity contribution in [2.45, 2.75) is 50.8 Å². The van der Waals surface area contributed by atoms with Gasteiger partial charge in [-0.25, -0.2) is 14.4 Å². The van der Waals surface area contributed by atoms with Gasteiger partial charge in [0.25, 0.3) is 5.91 Å². The first-order chi connectivity index (χ1) is 19.7. The lowest BCUT2D eigenvalue weighted by Gasteiger charge is -2.23. The van der Waals surface area contributed by atoms with Crippen LogP contribution in [0.5, 0.6) is 0 Å². The van der Waals surface area contributed by atoms with Crippen LogP contribution in [0.15, 0.2) is 66.3 Å². The molecule has 0 spiro atoms. The van der Waals surface area contributed by atoms with Crippen LogP contribution in [-0.2, 0) is 11.2 Å². The molecule has 3 atom stereocenters. The summed E-state index contributed by atoms with van der Waals surface area (Å²) in [4.78, 5) is 48.6. The lowest BCUT2D eigenvalue weighted by atomic mass is 10.0. The summed E-state index contributed by atoms with van der Waals surface area (Å²) >= 11 is 8.40. The minimum atomic E-state index is -1.02. The van der Waals surface area contributed by atoms with Crippen LogP contribution < -0.4 is 10.6 Å². The van der Waals surface area contributed by atoms with Crippen LogP contribution in [0, 0.1) is 5.82 Å². The highest BCUT2D eigenvalue weighted by Gasteiger charge is 2.29. The van der Waals surface area contributed by atoms with Crippen molar-refractivity contribution >= 4 is 51.9 Å². The second-order valence-corrected chi connectivity index (χ2v) is 11.8. The maximum Gasteiger partial charge on any atom is 0.263 e. The third-order valence-corrected chi connectivity index (χ3v) is 8.27. The quantitative estimate of drug-likeness (QED) is 0.175. The van der Waals surface area contributed by atoms with Crippen LogP contribution in [0.25, 0.3) is 10.6 Å². The molecule has 8 nitrogen and oxygen atoms in total. The summed E-state index contributed by atoms with van der Waals surface area (Å²) < 4.78 is 13.3. The maximum atomic E-state index is 13.5. The van der Waals surface area contributed by atoms with Gasteiger partial charge in [-0.2, -0.15) is 0 Å². The molecule has 0 aliphatic rings. The van der Waals surface area contributed by atoms with Crippen molar-refractivity contribution in [3.8, 4) is 10.6 Å². The van der Waals surface area contributed by atoms with Crippen LogP contribution in [0.4, 0.5) is 4.39 Å². The molecular weight excluding hydrogens is 587 g/mol. The van der Waals surface area contributed by atoms with E-state index in [4.69, 9.17) is 11.6 Å². The second kappa shape index (κ2) is 14.4. The Bertz CT molecular complexity index is 1480. The lowest BCUT2D eigenvalue weighted by molar-refractivity contribution is -0.123. The largest absolute Gasteiger partial charge is 0.393 e. The normalized spacial score (nSPS) is 13.3. The highest BCUT2D eigenvalue weighted by atomic mass is 35.5. The summed E-state index contributed by atoms with van der Waals surface area (Å²) in [5.41, 5.74) is 1.56. The summed E-state index contributed by atoms with van der Waals surface area (Å²) in [5, 5.41) is 18.4. The van der Waals surface area contributed by atoms with Gasteiger partial charge in [-0.1, -0.05) is 35.9 Å². The van der Waals surface area contributed by atoms with E-state index in [-0.39, 0.29) is 35.9 Å². The summed E-state index contributed by atoms with van der Waals surface area (Å²) in [6.45, 7) is 1.59. The van der Waals surface area contributed by atoms with E-state index >= 15 is 0 Å². The lowest BCUT2D eigenvalue weighted by Crippen LogP contribution is -2.51. The number of carbonyl (C=O) groups excluding carboxylic acids is 3. The predicted octanol–water partition coefficient (Wildman–Crippen LogP) is 5.32. The molecule has 2 heterocycles. The van der Waals surface area contributed by atoms with E-state index in [0.717, 1.165) is 33.8 Å². The number of hydrogen-bond donors (Lipinski definition) is 3. The number of halogens is 2. The number of aryl methyl sites for hydroxylation is 1. The molecule has 0 aliphatic carbocycles. The van der Waals surface area contributed by atoms with Gasteiger partial charge in [-0.3, -0.25) is 14.4 Å². The molecule has 0 bridgehead atoms. The predicted molar refractivity (Wildman–Crippen MR) is 158 cm³/mol. The standard InChI is InChI=1S/C29H28ClFN4O4S2/c1-17(36)5-11-23(35-27(39)24-16-33-28(41-24)19-3-2-4-20(30)15-19)26(38)34-22(25(37)29-32-13-14-40-29)12-8-18-6-9-21(31)10-7-18/h2-4,6-7,9-10,13-17,22-23,36H,5,8,11-12H2,1H3,(H,34,38)(H,35,39)/t17?,22-,23-/m0/s1. The third-order valence-electron chi connectivity index (χ3n) is 6.21. The fraction of sp³-hybridized carbons (Fsp3) is 0.276. The molecule has 0 radical (unpaired) electrons.